The highest BCUT2D eigenvalue weighted by Crippen LogP contribution is 2.28. The van der Waals surface area contributed by atoms with Crippen LogP contribution in [0.2, 0.25) is 0 Å². The minimum Gasteiger partial charge on any atom is -0.388 e. The van der Waals surface area contributed by atoms with Gasteiger partial charge in [0.1, 0.15) is 18.0 Å². The van der Waals surface area contributed by atoms with Crippen molar-refractivity contribution >= 4 is 11.6 Å². The van der Waals surface area contributed by atoms with Crippen molar-refractivity contribution in [1.29, 1.82) is 0 Å². The highest BCUT2D eigenvalue weighted by Gasteiger charge is 2.20. The van der Waals surface area contributed by atoms with Gasteiger partial charge in [0, 0.05) is 18.7 Å². The van der Waals surface area contributed by atoms with Gasteiger partial charge in [0.05, 0.1) is 5.60 Å². The molecule has 5 nitrogen and oxygen atoms in total. The van der Waals surface area contributed by atoms with Gasteiger partial charge in [0.2, 0.25) is 0 Å². The Balaban J connectivity index is 2.96. The van der Waals surface area contributed by atoms with Crippen LogP contribution in [0.15, 0.2) is 6.33 Å². The summed E-state index contributed by atoms with van der Waals surface area (Å²) in [6.45, 7) is 11.4. The Morgan fingerprint density at radius 1 is 1.21 bits per heavy atom. The van der Waals surface area contributed by atoms with E-state index in [4.69, 9.17) is 0 Å². The fourth-order valence-electron chi connectivity index (χ4n) is 1.79. The summed E-state index contributed by atoms with van der Waals surface area (Å²) in [4.78, 5) is 8.60. The normalized spacial score (nSPS) is 14.3. The van der Waals surface area contributed by atoms with Crippen molar-refractivity contribution in [1.82, 2.24) is 9.97 Å². The highest BCUT2D eigenvalue weighted by atomic mass is 16.3. The summed E-state index contributed by atoms with van der Waals surface area (Å²) in [5, 5.41) is 16.6. The van der Waals surface area contributed by atoms with Crippen LogP contribution in [-0.2, 0) is 0 Å². The summed E-state index contributed by atoms with van der Waals surface area (Å²) in [6.07, 6.45) is 2.25. The number of rotatable bonds is 7. The van der Waals surface area contributed by atoms with Gasteiger partial charge in [-0.3, -0.25) is 0 Å². The van der Waals surface area contributed by atoms with Crippen molar-refractivity contribution in [2.75, 3.05) is 23.7 Å². The zero-order chi connectivity index (χ0) is 14.5. The molecule has 0 bridgehead atoms. The second-order valence-electron chi connectivity index (χ2n) is 5.37. The van der Waals surface area contributed by atoms with Crippen molar-refractivity contribution in [2.45, 2.75) is 52.6 Å². The van der Waals surface area contributed by atoms with Gasteiger partial charge in [-0.25, -0.2) is 9.97 Å². The lowest BCUT2D eigenvalue weighted by Crippen LogP contribution is -2.33. The number of nitrogens with zero attached hydrogens (tertiary/aromatic N) is 2. The van der Waals surface area contributed by atoms with E-state index in [0.29, 0.717) is 18.9 Å². The average Bonchev–Trinajstić information content (AvgIpc) is 2.36. The number of anilines is 2. The Hall–Kier alpha value is -1.36. The Morgan fingerprint density at radius 2 is 1.79 bits per heavy atom. The van der Waals surface area contributed by atoms with Crippen LogP contribution in [0.4, 0.5) is 11.6 Å². The molecule has 1 heterocycles. The smallest absolute Gasteiger partial charge is 0.135 e. The first-order chi connectivity index (χ1) is 8.91. The molecule has 0 amide bonds. The molecule has 1 rings (SSSR count). The predicted molar refractivity (Wildman–Crippen MR) is 79.7 cm³/mol. The third-order valence-corrected chi connectivity index (χ3v) is 3.20. The summed E-state index contributed by atoms with van der Waals surface area (Å²) in [6, 6.07) is 0. The van der Waals surface area contributed by atoms with Gasteiger partial charge in [-0.05, 0) is 26.2 Å². The monoisotopic (exact) mass is 266 g/mol. The third-order valence-electron chi connectivity index (χ3n) is 3.20. The summed E-state index contributed by atoms with van der Waals surface area (Å²) in [5.41, 5.74) is 0.341. The number of hydrogen-bond acceptors (Lipinski definition) is 5. The number of nitrogens with one attached hydrogen (secondary N) is 2. The van der Waals surface area contributed by atoms with Gasteiger partial charge in [0.25, 0.3) is 0 Å². The second kappa shape index (κ2) is 6.70. The quantitative estimate of drug-likeness (QED) is 0.707. The molecule has 19 heavy (non-hydrogen) atoms. The Labute approximate surface area is 115 Å². The summed E-state index contributed by atoms with van der Waals surface area (Å²) in [7, 11) is 0. The minimum absolute atomic E-state index is 0.310. The standard InChI is InChI=1S/C14H26N4O/c1-6-14(5,19)8-16-13-11(10(3)4)12(15-7-2)17-9-18-13/h9-10,19H,6-8H2,1-5H3,(H2,15,16,17,18). The lowest BCUT2D eigenvalue weighted by Gasteiger charge is -2.24. The van der Waals surface area contributed by atoms with E-state index < -0.39 is 5.60 Å². The maximum atomic E-state index is 10.1. The van der Waals surface area contributed by atoms with Gasteiger partial charge in [-0.1, -0.05) is 20.8 Å². The van der Waals surface area contributed by atoms with Crippen molar-refractivity contribution in [3.05, 3.63) is 11.9 Å². The van der Waals surface area contributed by atoms with E-state index in [1.165, 1.54) is 0 Å². The molecule has 3 N–H and O–H groups in total. The number of hydrogen-bond donors (Lipinski definition) is 3. The van der Waals surface area contributed by atoms with E-state index in [1.807, 2.05) is 20.8 Å². The number of aliphatic hydroxyl groups is 1. The van der Waals surface area contributed by atoms with Crippen LogP contribution < -0.4 is 10.6 Å². The van der Waals surface area contributed by atoms with Gasteiger partial charge in [-0.15, -0.1) is 0 Å². The fraction of sp³-hybridized carbons (Fsp3) is 0.714. The molecule has 1 atom stereocenters. The van der Waals surface area contributed by atoms with E-state index >= 15 is 0 Å². The summed E-state index contributed by atoms with van der Waals surface area (Å²) >= 11 is 0. The molecular weight excluding hydrogens is 240 g/mol. The molecule has 0 fully saturated rings. The van der Waals surface area contributed by atoms with E-state index in [2.05, 4.69) is 34.4 Å². The minimum atomic E-state index is -0.725. The zero-order valence-electron chi connectivity index (χ0n) is 12.6. The molecule has 1 aromatic rings. The Bertz CT molecular complexity index is 404. The van der Waals surface area contributed by atoms with Crippen LogP contribution in [0.25, 0.3) is 0 Å². The fourth-order valence-corrected chi connectivity index (χ4v) is 1.79. The Morgan fingerprint density at radius 3 is 2.26 bits per heavy atom. The van der Waals surface area contributed by atoms with Crippen molar-refractivity contribution in [2.24, 2.45) is 0 Å². The van der Waals surface area contributed by atoms with Gasteiger partial charge < -0.3 is 15.7 Å². The lowest BCUT2D eigenvalue weighted by atomic mass is 10.0. The SMILES string of the molecule is CCNc1ncnc(NCC(C)(O)CC)c1C(C)C. The van der Waals surface area contributed by atoms with Gasteiger partial charge in [-0.2, -0.15) is 0 Å². The molecule has 0 radical (unpaired) electrons. The molecule has 0 aliphatic carbocycles. The van der Waals surface area contributed by atoms with Crippen molar-refractivity contribution in [3.8, 4) is 0 Å². The molecule has 108 valence electrons. The molecule has 0 saturated carbocycles. The van der Waals surface area contributed by atoms with E-state index in [1.54, 1.807) is 6.33 Å². The first-order valence-corrected chi connectivity index (χ1v) is 6.96. The molecular formula is C14H26N4O. The largest absolute Gasteiger partial charge is 0.388 e. The van der Waals surface area contributed by atoms with E-state index in [9.17, 15) is 5.11 Å². The van der Waals surface area contributed by atoms with Crippen LogP contribution in [0.5, 0.6) is 0 Å². The average molecular weight is 266 g/mol. The summed E-state index contributed by atoms with van der Waals surface area (Å²) < 4.78 is 0. The molecule has 0 spiro atoms. The van der Waals surface area contributed by atoms with Crippen LogP contribution in [0.3, 0.4) is 0 Å². The molecule has 5 heteroatoms. The topological polar surface area (TPSA) is 70.1 Å². The maximum Gasteiger partial charge on any atom is 0.135 e. The molecule has 1 aromatic heterocycles. The van der Waals surface area contributed by atoms with Crippen LogP contribution >= 0.6 is 0 Å². The van der Waals surface area contributed by atoms with E-state index in [-0.39, 0.29) is 0 Å². The molecule has 0 saturated heterocycles. The van der Waals surface area contributed by atoms with Crippen molar-refractivity contribution < 1.29 is 5.11 Å². The molecule has 0 aromatic carbocycles. The Kier molecular flexibility index (Phi) is 5.54. The third kappa shape index (κ3) is 4.35. The zero-order valence-corrected chi connectivity index (χ0v) is 12.6. The maximum absolute atomic E-state index is 10.1. The predicted octanol–water partition coefficient (Wildman–Crippen LogP) is 2.60. The van der Waals surface area contributed by atoms with Crippen LogP contribution in [0, 0.1) is 0 Å². The second-order valence-corrected chi connectivity index (χ2v) is 5.37. The first kappa shape index (κ1) is 15.7. The van der Waals surface area contributed by atoms with Gasteiger partial charge in [0.15, 0.2) is 0 Å². The first-order valence-electron chi connectivity index (χ1n) is 6.96. The van der Waals surface area contributed by atoms with Crippen LogP contribution in [0.1, 0.15) is 52.5 Å². The van der Waals surface area contributed by atoms with Crippen molar-refractivity contribution in [3.63, 3.8) is 0 Å². The molecule has 1 unspecified atom stereocenters. The highest BCUT2D eigenvalue weighted by molar-refractivity contribution is 5.59. The summed E-state index contributed by atoms with van der Waals surface area (Å²) in [5.74, 6) is 1.98. The molecule has 0 aliphatic rings. The number of aromatic nitrogens is 2. The lowest BCUT2D eigenvalue weighted by molar-refractivity contribution is 0.0696. The van der Waals surface area contributed by atoms with Crippen LogP contribution in [-0.4, -0.2) is 33.8 Å². The van der Waals surface area contributed by atoms with Gasteiger partial charge >= 0.3 is 0 Å². The molecule has 0 aliphatic heterocycles. The van der Waals surface area contributed by atoms with E-state index in [0.717, 1.165) is 23.7 Å².